The monoisotopic (exact) mass is 268 g/mol. The van der Waals surface area contributed by atoms with Crippen LogP contribution in [0.25, 0.3) is 0 Å². The lowest BCUT2D eigenvalue weighted by atomic mass is 10.2. The van der Waals surface area contributed by atoms with E-state index in [0.29, 0.717) is 32.1 Å². The van der Waals surface area contributed by atoms with Gasteiger partial charge in [-0.25, -0.2) is 4.39 Å². The highest BCUT2D eigenvalue weighted by Gasteiger charge is 2.22. The zero-order valence-electron chi connectivity index (χ0n) is 10.5. The van der Waals surface area contributed by atoms with Crippen LogP contribution in [0.15, 0.2) is 24.3 Å². The molecule has 0 spiro atoms. The van der Waals surface area contributed by atoms with Crippen LogP contribution in [0.3, 0.4) is 0 Å². The molecule has 1 amide bonds. The molecule has 5 nitrogen and oxygen atoms in total. The molecule has 1 saturated heterocycles. The highest BCUT2D eigenvalue weighted by atomic mass is 19.1. The van der Waals surface area contributed by atoms with Crippen LogP contribution in [0.1, 0.15) is 0 Å². The summed E-state index contributed by atoms with van der Waals surface area (Å²) in [6.07, 6.45) is -0.142. The minimum Gasteiger partial charge on any atom is -0.491 e. The van der Waals surface area contributed by atoms with Crippen molar-refractivity contribution in [3.63, 3.8) is 0 Å². The zero-order valence-corrected chi connectivity index (χ0v) is 10.5. The average molecular weight is 268 g/mol. The molecule has 0 radical (unpaired) electrons. The number of carbonyl (C=O) groups is 1. The largest absolute Gasteiger partial charge is 0.491 e. The van der Waals surface area contributed by atoms with Gasteiger partial charge in [0.1, 0.15) is 24.3 Å². The van der Waals surface area contributed by atoms with Gasteiger partial charge in [-0.3, -0.25) is 9.69 Å². The number of primary amides is 1. The highest BCUT2D eigenvalue weighted by Crippen LogP contribution is 2.13. The predicted octanol–water partition coefficient (Wildman–Crippen LogP) is 0.391. The normalized spacial score (nSPS) is 20.2. The van der Waals surface area contributed by atoms with Crippen LogP contribution in [0.4, 0.5) is 4.39 Å². The van der Waals surface area contributed by atoms with Crippen molar-refractivity contribution >= 4 is 5.91 Å². The Morgan fingerprint density at radius 3 is 3.16 bits per heavy atom. The van der Waals surface area contributed by atoms with E-state index in [9.17, 15) is 9.18 Å². The number of ether oxygens (including phenoxy) is 2. The SMILES string of the molecule is NC(=O)CN1CCOC(COc2cccc(F)c2)C1. The fourth-order valence-corrected chi connectivity index (χ4v) is 1.99. The third-order valence-electron chi connectivity index (χ3n) is 2.83. The average Bonchev–Trinajstić information content (AvgIpc) is 2.36. The van der Waals surface area contributed by atoms with Crippen molar-refractivity contribution < 1.29 is 18.7 Å². The summed E-state index contributed by atoms with van der Waals surface area (Å²) in [6.45, 7) is 2.33. The van der Waals surface area contributed by atoms with Crippen LogP contribution in [0.2, 0.25) is 0 Å². The molecule has 2 N–H and O–H groups in total. The fourth-order valence-electron chi connectivity index (χ4n) is 1.99. The molecule has 6 heteroatoms. The number of benzene rings is 1. The first-order chi connectivity index (χ1) is 9.13. The molecule has 1 aromatic rings. The van der Waals surface area contributed by atoms with Crippen molar-refractivity contribution in [3.8, 4) is 5.75 Å². The lowest BCUT2D eigenvalue weighted by molar-refractivity contribution is -0.121. The third-order valence-corrected chi connectivity index (χ3v) is 2.83. The number of carbonyl (C=O) groups excluding carboxylic acids is 1. The molecular formula is C13H17FN2O3. The van der Waals surface area contributed by atoms with Crippen LogP contribution in [-0.2, 0) is 9.53 Å². The minimum absolute atomic E-state index is 0.142. The summed E-state index contributed by atoms with van der Waals surface area (Å²) in [7, 11) is 0. The molecule has 1 aliphatic rings. The van der Waals surface area contributed by atoms with E-state index in [1.165, 1.54) is 12.1 Å². The maximum Gasteiger partial charge on any atom is 0.231 e. The van der Waals surface area contributed by atoms with Crippen molar-refractivity contribution in [2.45, 2.75) is 6.10 Å². The van der Waals surface area contributed by atoms with Crippen LogP contribution >= 0.6 is 0 Å². The number of morpholine rings is 1. The Hall–Kier alpha value is -1.66. The number of halogens is 1. The van der Waals surface area contributed by atoms with Gasteiger partial charge in [-0.15, -0.1) is 0 Å². The van der Waals surface area contributed by atoms with Crippen molar-refractivity contribution in [2.24, 2.45) is 5.73 Å². The van der Waals surface area contributed by atoms with E-state index in [1.807, 2.05) is 4.90 Å². The topological polar surface area (TPSA) is 64.8 Å². The van der Waals surface area contributed by atoms with E-state index in [4.69, 9.17) is 15.2 Å². The van der Waals surface area contributed by atoms with Crippen LogP contribution in [-0.4, -0.2) is 49.8 Å². The van der Waals surface area contributed by atoms with Gasteiger partial charge in [-0.05, 0) is 12.1 Å². The molecule has 104 valence electrons. The number of nitrogens with two attached hydrogens (primary N) is 1. The summed E-state index contributed by atoms with van der Waals surface area (Å²) >= 11 is 0. The summed E-state index contributed by atoms with van der Waals surface area (Å²) in [6, 6.07) is 5.96. The zero-order chi connectivity index (χ0) is 13.7. The Bertz CT molecular complexity index is 442. The van der Waals surface area contributed by atoms with Gasteiger partial charge in [-0.2, -0.15) is 0 Å². The Balaban J connectivity index is 1.81. The van der Waals surface area contributed by atoms with Crippen LogP contribution in [0, 0.1) is 5.82 Å². The second kappa shape index (κ2) is 6.49. The molecule has 0 bridgehead atoms. The number of amides is 1. The molecule has 1 heterocycles. The van der Waals surface area contributed by atoms with Crippen molar-refractivity contribution in [1.29, 1.82) is 0 Å². The lowest BCUT2D eigenvalue weighted by Crippen LogP contribution is -2.47. The van der Waals surface area contributed by atoms with Gasteiger partial charge < -0.3 is 15.2 Å². The van der Waals surface area contributed by atoms with Gasteiger partial charge in [0.2, 0.25) is 5.91 Å². The fraction of sp³-hybridized carbons (Fsp3) is 0.462. The molecular weight excluding hydrogens is 251 g/mol. The van der Waals surface area contributed by atoms with E-state index in [1.54, 1.807) is 12.1 Å². The highest BCUT2D eigenvalue weighted by molar-refractivity contribution is 5.75. The smallest absolute Gasteiger partial charge is 0.231 e. The van der Waals surface area contributed by atoms with Gasteiger partial charge in [-0.1, -0.05) is 6.07 Å². The summed E-state index contributed by atoms with van der Waals surface area (Å²) in [5.41, 5.74) is 5.16. The standard InChI is InChI=1S/C13H17FN2O3/c14-10-2-1-3-11(6-10)19-9-12-7-16(4-5-18-12)8-13(15)17/h1-3,6,12H,4-5,7-9H2,(H2,15,17). The first-order valence-corrected chi connectivity index (χ1v) is 6.14. The van der Waals surface area contributed by atoms with Crippen LogP contribution < -0.4 is 10.5 Å². The van der Waals surface area contributed by atoms with E-state index in [0.717, 1.165) is 0 Å². The molecule has 0 aliphatic carbocycles. The number of nitrogens with zero attached hydrogens (tertiary/aromatic N) is 1. The summed E-state index contributed by atoms with van der Waals surface area (Å²) in [5, 5.41) is 0. The quantitative estimate of drug-likeness (QED) is 0.839. The Morgan fingerprint density at radius 2 is 2.42 bits per heavy atom. The number of hydrogen-bond donors (Lipinski definition) is 1. The maximum atomic E-state index is 13.0. The minimum atomic E-state index is -0.355. The molecule has 1 fully saturated rings. The molecule has 1 atom stereocenters. The second-order valence-corrected chi connectivity index (χ2v) is 4.46. The van der Waals surface area contributed by atoms with Gasteiger partial charge in [0.05, 0.1) is 13.2 Å². The number of hydrogen-bond acceptors (Lipinski definition) is 4. The predicted molar refractivity (Wildman–Crippen MR) is 67.3 cm³/mol. The van der Waals surface area contributed by atoms with Crippen molar-refractivity contribution in [1.82, 2.24) is 4.90 Å². The summed E-state index contributed by atoms with van der Waals surface area (Å²) < 4.78 is 24.0. The molecule has 1 unspecified atom stereocenters. The molecule has 0 saturated carbocycles. The van der Waals surface area contributed by atoms with Gasteiger partial charge in [0.15, 0.2) is 0 Å². The van der Waals surface area contributed by atoms with Gasteiger partial charge >= 0.3 is 0 Å². The first kappa shape index (κ1) is 13.8. The van der Waals surface area contributed by atoms with Gasteiger partial charge in [0.25, 0.3) is 0 Å². The summed E-state index contributed by atoms with van der Waals surface area (Å²) in [5.74, 6) is -0.222. The van der Waals surface area contributed by atoms with Crippen LogP contribution in [0.5, 0.6) is 5.75 Å². The van der Waals surface area contributed by atoms with E-state index in [2.05, 4.69) is 0 Å². The molecule has 19 heavy (non-hydrogen) atoms. The number of rotatable bonds is 5. The Labute approximate surface area is 111 Å². The molecule has 2 rings (SSSR count). The Morgan fingerprint density at radius 1 is 1.58 bits per heavy atom. The molecule has 1 aromatic carbocycles. The van der Waals surface area contributed by atoms with E-state index >= 15 is 0 Å². The van der Waals surface area contributed by atoms with E-state index < -0.39 is 0 Å². The first-order valence-electron chi connectivity index (χ1n) is 6.14. The summed E-state index contributed by atoms with van der Waals surface area (Å²) in [4.78, 5) is 12.8. The second-order valence-electron chi connectivity index (χ2n) is 4.46. The van der Waals surface area contributed by atoms with Crippen molar-refractivity contribution in [3.05, 3.63) is 30.1 Å². The molecule has 1 aliphatic heterocycles. The lowest BCUT2D eigenvalue weighted by Gasteiger charge is -2.31. The van der Waals surface area contributed by atoms with Crippen molar-refractivity contribution in [2.75, 3.05) is 32.8 Å². The van der Waals surface area contributed by atoms with E-state index in [-0.39, 0.29) is 24.4 Å². The van der Waals surface area contributed by atoms with Gasteiger partial charge in [0, 0.05) is 19.2 Å². The maximum absolute atomic E-state index is 13.0. The Kier molecular flexibility index (Phi) is 4.70. The molecule has 0 aromatic heterocycles. The third kappa shape index (κ3) is 4.50.